The minimum absolute atomic E-state index is 0.154. The first-order valence-corrected chi connectivity index (χ1v) is 9.44. The third-order valence-corrected chi connectivity index (χ3v) is 4.95. The van der Waals surface area contributed by atoms with Crippen molar-refractivity contribution in [2.24, 2.45) is 0 Å². The van der Waals surface area contributed by atoms with Gasteiger partial charge in [-0.1, -0.05) is 18.2 Å². The summed E-state index contributed by atoms with van der Waals surface area (Å²) in [4.78, 5) is 20.7. The van der Waals surface area contributed by atoms with Gasteiger partial charge in [0, 0.05) is 17.3 Å². The van der Waals surface area contributed by atoms with Gasteiger partial charge in [-0.2, -0.15) is 13.2 Å². The molecule has 4 rings (SSSR count). The van der Waals surface area contributed by atoms with E-state index in [1.807, 2.05) is 19.1 Å². The largest absolute Gasteiger partial charge is 0.420 e. The van der Waals surface area contributed by atoms with Crippen molar-refractivity contribution in [3.63, 3.8) is 0 Å². The van der Waals surface area contributed by atoms with Crippen LogP contribution in [0.3, 0.4) is 0 Å². The molecule has 0 aliphatic heterocycles. The van der Waals surface area contributed by atoms with Crippen molar-refractivity contribution in [3.05, 3.63) is 83.3 Å². The number of amides is 1. The molecule has 0 atom stereocenters. The number of nitrogens with zero attached hydrogens (tertiary/aromatic N) is 2. The van der Waals surface area contributed by atoms with Gasteiger partial charge in [-0.05, 0) is 60.0 Å². The smallest absolute Gasteiger partial charge is 0.368 e. The molecular weight excluding hydrogens is 424 g/mol. The zero-order valence-electron chi connectivity index (χ0n) is 16.7. The second-order valence-corrected chi connectivity index (χ2v) is 7.15. The first-order chi connectivity index (χ1) is 15.1. The monoisotopic (exact) mass is 440 g/mol. The Bertz CT molecular complexity index is 1350. The van der Waals surface area contributed by atoms with Crippen LogP contribution in [0.2, 0.25) is 0 Å². The van der Waals surface area contributed by atoms with Crippen LogP contribution in [-0.2, 0) is 6.18 Å². The molecule has 0 aliphatic carbocycles. The van der Waals surface area contributed by atoms with Gasteiger partial charge in [0.1, 0.15) is 11.4 Å². The fourth-order valence-corrected chi connectivity index (χ4v) is 3.43. The molecule has 162 valence electrons. The number of fused-ring (bicyclic) bond motifs is 1. The van der Waals surface area contributed by atoms with Crippen LogP contribution in [0, 0.1) is 12.7 Å². The lowest BCUT2D eigenvalue weighted by molar-refractivity contribution is -0.140. The number of carbonyl (C=O) groups is 1. The normalized spacial score (nSPS) is 11.5. The van der Waals surface area contributed by atoms with Gasteiger partial charge < -0.3 is 11.1 Å². The van der Waals surface area contributed by atoms with E-state index in [-0.39, 0.29) is 11.6 Å². The van der Waals surface area contributed by atoms with E-state index in [1.54, 1.807) is 30.5 Å². The van der Waals surface area contributed by atoms with Crippen molar-refractivity contribution < 1.29 is 22.4 Å². The fourth-order valence-electron chi connectivity index (χ4n) is 3.43. The molecule has 3 aromatic carbocycles. The lowest BCUT2D eigenvalue weighted by Gasteiger charge is -2.15. The van der Waals surface area contributed by atoms with E-state index in [0.29, 0.717) is 11.6 Å². The van der Waals surface area contributed by atoms with Crippen LogP contribution >= 0.6 is 0 Å². The fraction of sp³-hybridized carbons (Fsp3) is 0.0870. The van der Waals surface area contributed by atoms with Crippen molar-refractivity contribution in [1.29, 1.82) is 0 Å². The van der Waals surface area contributed by atoms with Gasteiger partial charge in [-0.25, -0.2) is 14.4 Å². The maximum Gasteiger partial charge on any atom is 0.420 e. The number of nitrogen functional groups attached to an aromatic ring is 1. The summed E-state index contributed by atoms with van der Waals surface area (Å²) >= 11 is 0. The number of aryl methyl sites for hydroxylation is 1. The summed E-state index contributed by atoms with van der Waals surface area (Å²) in [6.07, 6.45) is -3.42. The number of carbonyl (C=O) groups excluding carboxylic acids is 1. The maximum atomic E-state index is 13.8. The Kier molecular flexibility index (Phi) is 5.25. The summed E-state index contributed by atoms with van der Waals surface area (Å²) in [5, 5.41) is 3.18. The highest BCUT2D eigenvalue weighted by atomic mass is 19.4. The molecule has 9 heteroatoms. The lowest BCUT2D eigenvalue weighted by Crippen LogP contribution is -2.20. The number of benzene rings is 3. The minimum Gasteiger partial charge on any atom is -0.368 e. The third kappa shape index (κ3) is 4.09. The Labute approximate surface area is 179 Å². The first kappa shape index (κ1) is 21.2. The SMILES string of the molecule is Cc1ccc(NC(=O)c2cccc(F)c2C(F)(F)F)cc1-c1ccc2nc(N)ncc2c1. The molecule has 1 amide bonds. The number of anilines is 2. The number of halogens is 4. The van der Waals surface area contributed by atoms with Crippen molar-refractivity contribution in [1.82, 2.24) is 9.97 Å². The highest BCUT2D eigenvalue weighted by Crippen LogP contribution is 2.35. The van der Waals surface area contributed by atoms with Gasteiger partial charge in [0.15, 0.2) is 0 Å². The standard InChI is InChI=1S/C23H16F4N4O/c1-12-5-7-15(30-21(32)16-3-2-4-18(24)20(16)23(25,26)27)10-17(12)13-6-8-19-14(9-13)11-29-22(28)31-19/h2-11H,1H3,(H,30,32)(H2,28,29,31). The molecule has 3 N–H and O–H groups in total. The molecule has 0 bridgehead atoms. The summed E-state index contributed by atoms with van der Waals surface area (Å²) in [6.45, 7) is 1.86. The Morgan fingerprint density at radius 1 is 1.06 bits per heavy atom. The average molecular weight is 440 g/mol. The van der Waals surface area contributed by atoms with Crippen molar-refractivity contribution >= 4 is 28.4 Å². The lowest BCUT2D eigenvalue weighted by atomic mass is 9.98. The Hall–Kier alpha value is -4.01. The van der Waals surface area contributed by atoms with Crippen molar-refractivity contribution in [2.45, 2.75) is 13.1 Å². The predicted molar refractivity (Wildman–Crippen MR) is 113 cm³/mol. The molecule has 1 aromatic heterocycles. The van der Waals surface area contributed by atoms with E-state index < -0.39 is 29.0 Å². The van der Waals surface area contributed by atoms with E-state index >= 15 is 0 Å². The van der Waals surface area contributed by atoms with Crippen LogP contribution in [0.1, 0.15) is 21.5 Å². The van der Waals surface area contributed by atoms with Gasteiger partial charge in [0.05, 0.1) is 11.1 Å². The van der Waals surface area contributed by atoms with E-state index in [4.69, 9.17) is 5.73 Å². The molecule has 32 heavy (non-hydrogen) atoms. The van der Waals surface area contributed by atoms with Gasteiger partial charge in [-0.3, -0.25) is 4.79 Å². The number of alkyl halides is 3. The zero-order valence-corrected chi connectivity index (χ0v) is 16.7. The molecule has 4 aromatic rings. The first-order valence-electron chi connectivity index (χ1n) is 9.44. The summed E-state index contributed by atoms with van der Waals surface area (Å²) in [5.41, 5.74) is 6.55. The highest BCUT2D eigenvalue weighted by Gasteiger charge is 2.38. The Morgan fingerprint density at radius 3 is 2.59 bits per heavy atom. The number of rotatable bonds is 3. The summed E-state index contributed by atoms with van der Waals surface area (Å²) in [7, 11) is 0. The van der Waals surface area contributed by atoms with Crippen LogP contribution < -0.4 is 11.1 Å². The molecule has 0 spiro atoms. The third-order valence-electron chi connectivity index (χ3n) is 4.95. The molecule has 0 saturated carbocycles. The number of nitrogens with two attached hydrogens (primary N) is 1. The molecule has 0 saturated heterocycles. The predicted octanol–water partition coefficient (Wildman–Crippen LogP) is 5.60. The van der Waals surface area contributed by atoms with Crippen LogP contribution in [0.4, 0.5) is 29.2 Å². The summed E-state index contributed by atoms with van der Waals surface area (Å²) < 4.78 is 53.6. The van der Waals surface area contributed by atoms with E-state index in [2.05, 4.69) is 15.3 Å². The summed E-state index contributed by atoms with van der Waals surface area (Å²) in [6, 6.07) is 13.0. The average Bonchev–Trinajstić information content (AvgIpc) is 2.73. The minimum atomic E-state index is -5.01. The van der Waals surface area contributed by atoms with Crippen LogP contribution in [-0.4, -0.2) is 15.9 Å². The van der Waals surface area contributed by atoms with E-state index in [0.717, 1.165) is 34.2 Å². The van der Waals surface area contributed by atoms with E-state index in [9.17, 15) is 22.4 Å². The maximum absolute atomic E-state index is 13.8. The van der Waals surface area contributed by atoms with Crippen LogP contribution in [0.25, 0.3) is 22.0 Å². The molecular formula is C23H16F4N4O. The van der Waals surface area contributed by atoms with Crippen LogP contribution in [0.15, 0.2) is 60.8 Å². The van der Waals surface area contributed by atoms with Gasteiger partial charge in [0.2, 0.25) is 5.95 Å². The van der Waals surface area contributed by atoms with E-state index in [1.165, 1.54) is 0 Å². The second kappa shape index (κ2) is 7.92. The topological polar surface area (TPSA) is 80.9 Å². The zero-order chi connectivity index (χ0) is 23.0. The van der Waals surface area contributed by atoms with Gasteiger partial charge >= 0.3 is 6.18 Å². The van der Waals surface area contributed by atoms with Gasteiger partial charge in [-0.15, -0.1) is 0 Å². The van der Waals surface area contributed by atoms with Crippen LogP contribution in [0.5, 0.6) is 0 Å². The van der Waals surface area contributed by atoms with Crippen molar-refractivity contribution in [2.75, 3.05) is 11.1 Å². The second-order valence-electron chi connectivity index (χ2n) is 7.15. The molecule has 0 radical (unpaired) electrons. The number of hydrogen-bond donors (Lipinski definition) is 2. The molecule has 5 nitrogen and oxygen atoms in total. The molecule has 1 heterocycles. The van der Waals surface area contributed by atoms with Gasteiger partial charge in [0.25, 0.3) is 5.91 Å². The Morgan fingerprint density at radius 2 is 1.84 bits per heavy atom. The number of hydrogen-bond acceptors (Lipinski definition) is 4. The molecule has 0 fully saturated rings. The molecule has 0 aliphatic rings. The summed E-state index contributed by atoms with van der Waals surface area (Å²) in [5.74, 6) is -2.41. The quantitative estimate of drug-likeness (QED) is 0.407. The number of aromatic nitrogens is 2. The number of nitrogens with one attached hydrogen (secondary N) is 1. The molecule has 0 unspecified atom stereocenters. The highest BCUT2D eigenvalue weighted by molar-refractivity contribution is 6.05. The van der Waals surface area contributed by atoms with Crippen molar-refractivity contribution in [3.8, 4) is 11.1 Å². The Balaban J connectivity index is 1.69.